The second kappa shape index (κ2) is 6.12. The number of carbonyl (C=O) groups is 1. The summed E-state index contributed by atoms with van der Waals surface area (Å²) in [4.78, 5) is 11.8. The molecule has 0 saturated heterocycles. The number of benzene rings is 2. The first-order valence-electron chi connectivity index (χ1n) is 7.26. The van der Waals surface area contributed by atoms with Crippen molar-refractivity contribution < 1.29 is 22.7 Å². The van der Waals surface area contributed by atoms with E-state index in [1.54, 1.807) is 38.1 Å². The van der Waals surface area contributed by atoms with Gasteiger partial charge in [0.05, 0.1) is 4.90 Å². The zero-order chi connectivity index (χ0) is 18.2. The fourth-order valence-corrected chi connectivity index (χ4v) is 3.29. The van der Waals surface area contributed by atoms with Gasteiger partial charge in [-0.2, -0.15) is 0 Å². The van der Waals surface area contributed by atoms with Crippen LogP contribution < -0.4 is 19.5 Å². The Kier molecular flexibility index (Phi) is 4.26. The maximum absolute atomic E-state index is 12.4. The van der Waals surface area contributed by atoms with E-state index in [9.17, 15) is 13.2 Å². The van der Waals surface area contributed by atoms with Crippen molar-refractivity contribution in [2.45, 2.75) is 24.5 Å². The molecular formula is C16H15ClN2O5S. The van der Waals surface area contributed by atoms with Gasteiger partial charge in [-0.1, -0.05) is 11.6 Å². The van der Waals surface area contributed by atoms with Crippen molar-refractivity contribution in [3.8, 4) is 11.5 Å². The highest BCUT2D eigenvalue weighted by molar-refractivity contribution is 7.90. The number of rotatable bonds is 3. The van der Waals surface area contributed by atoms with E-state index in [0.29, 0.717) is 22.2 Å². The molecule has 1 aliphatic heterocycles. The van der Waals surface area contributed by atoms with Crippen molar-refractivity contribution >= 4 is 33.3 Å². The van der Waals surface area contributed by atoms with Gasteiger partial charge in [-0.25, -0.2) is 17.9 Å². The molecule has 0 atom stereocenters. The van der Waals surface area contributed by atoms with E-state index in [4.69, 9.17) is 21.1 Å². The third-order valence-electron chi connectivity index (χ3n) is 3.27. The molecule has 3 rings (SSSR count). The van der Waals surface area contributed by atoms with Crippen molar-refractivity contribution in [1.29, 1.82) is 0 Å². The number of anilines is 1. The van der Waals surface area contributed by atoms with Crippen LogP contribution in [0.2, 0.25) is 5.02 Å². The largest absolute Gasteiger partial charge is 0.449 e. The number of ether oxygens (including phenoxy) is 2. The molecule has 7 nitrogen and oxygen atoms in total. The van der Waals surface area contributed by atoms with Gasteiger partial charge in [-0.05, 0) is 36.4 Å². The van der Waals surface area contributed by atoms with Crippen LogP contribution in [0.15, 0.2) is 47.4 Å². The molecule has 0 unspecified atom stereocenters. The van der Waals surface area contributed by atoms with Gasteiger partial charge in [0.1, 0.15) is 0 Å². The quantitative estimate of drug-likeness (QED) is 0.848. The Balaban J connectivity index is 1.74. The summed E-state index contributed by atoms with van der Waals surface area (Å²) in [5, 5.41) is 2.92. The first-order chi connectivity index (χ1) is 11.6. The zero-order valence-corrected chi connectivity index (χ0v) is 14.9. The molecule has 2 amide bonds. The van der Waals surface area contributed by atoms with Crippen LogP contribution in [0.1, 0.15) is 13.8 Å². The van der Waals surface area contributed by atoms with Gasteiger partial charge >= 0.3 is 6.03 Å². The summed E-state index contributed by atoms with van der Waals surface area (Å²) in [6.07, 6.45) is 0. The van der Waals surface area contributed by atoms with E-state index in [0.717, 1.165) is 0 Å². The van der Waals surface area contributed by atoms with E-state index in [1.165, 1.54) is 18.2 Å². The number of amides is 2. The van der Waals surface area contributed by atoms with Crippen molar-refractivity contribution in [2.24, 2.45) is 0 Å². The van der Waals surface area contributed by atoms with Gasteiger partial charge in [-0.15, -0.1) is 0 Å². The van der Waals surface area contributed by atoms with Gasteiger partial charge in [0.2, 0.25) is 5.79 Å². The SMILES string of the molecule is CC1(C)Oc2ccc(S(=O)(=O)NC(=O)Nc3ccc(Cl)cc3)cc2O1. The lowest BCUT2D eigenvalue weighted by atomic mass is 10.3. The van der Waals surface area contributed by atoms with Crippen LogP contribution in [0.3, 0.4) is 0 Å². The van der Waals surface area contributed by atoms with E-state index >= 15 is 0 Å². The molecule has 0 aliphatic carbocycles. The van der Waals surface area contributed by atoms with Gasteiger partial charge in [0, 0.05) is 30.6 Å². The van der Waals surface area contributed by atoms with Crippen molar-refractivity contribution in [3.05, 3.63) is 47.5 Å². The number of halogens is 1. The van der Waals surface area contributed by atoms with Gasteiger partial charge in [0.25, 0.3) is 10.0 Å². The molecule has 2 aromatic rings. The predicted molar refractivity (Wildman–Crippen MR) is 92.6 cm³/mol. The maximum Gasteiger partial charge on any atom is 0.333 e. The summed E-state index contributed by atoms with van der Waals surface area (Å²) in [7, 11) is -4.07. The highest BCUT2D eigenvalue weighted by Crippen LogP contribution is 2.40. The van der Waals surface area contributed by atoms with Crippen LogP contribution in [0, 0.1) is 0 Å². The molecule has 0 radical (unpaired) electrons. The Morgan fingerprint density at radius 1 is 1.04 bits per heavy atom. The number of urea groups is 1. The summed E-state index contributed by atoms with van der Waals surface area (Å²) in [5.41, 5.74) is 0.407. The Morgan fingerprint density at radius 2 is 1.68 bits per heavy atom. The fourth-order valence-electron chi connectivity index (χ4n) is 2.24. The minimum atomic E-state index is -4.07. The van der Waals surface area contributed by atoms with E-state index in [1.807, 2.05) is 4.72 Å². The number of nitrogens with one attached hydrogen (secondary N) is 2. The van der Waals surface area contributed by atoms with E-state index in [-0.39, 0.29) is 4.90 Å². The topological polar surface area (TPSA) is 93.7 Å². The number of hydrogen-bond acceptors (Lipinski definition) is 5. The smallest absolute Gasteiger partial charge is 0.333 e. The normalized spacial score (nSPS) is 14.8. The van der Waals surface area contributed by atoms with Crippen molar-refractivity contribution in [1.82, 2.24) is 4.72 Å². The minimum absolute atomic E-state index is 0.112. The first kappa shape index (κ1) is 17.4. The second-order valence-corrected chi connectivity index (χ2v) is 7.90. The summed E-state index contributed by atoms with van der Waals surface area (Å²) < 4.78 is 37.7. The predicted octanol–water partition coefficient (Wildman–Crippen LogP) is 3.36. The molecule has 1 heterocycles. The zero-order valence-electron chi connectivity index (χ0n) is 13.4. The molecule has 0 fully saturated rings. The van der Waals surface area contributed by atoms with Crippen LogP contribution in [0.25, 0.3) is 0 Å². The molecule has 0 bridgehead atoms. The first-order valence-corrected chi connectivity index (χ1v) is 9.12. The number of fused-ring (bicyclic) bond motifs is 1. The maximum atomic E-state index is 12.4. The van der Waals surface area contributed by atoms with Crippen LogP contribution in [-0.4, -0.2) is 20.2 Å². The van der Waals surface area contributed by atoms with Gasteiger partial charge in [-0.3, -0.25) is 0 Å². The highest BCUT2D eigenvalue weighted by Gasteiger charge is 2.33. The van der Waals surface area contributed by atoms with Gasteiger partial charge < -0.3 is 14.8 Å². The summed E-state index contributed by atoms with van der Waals surface area (Å²) in [6, 6.07) is 9.49. The molecule has 132 valence electrons. The molecule has 9 heteroatoms. The van der Waals surface area contributed by atoms with Crippen LogP contribution >= 0.6 is 11.6 Å². The molecule has 0 spiro atoms. The number of hydrogen-bond donors (Lipinski definition) is 2. The van der Waals surface area contributed by atoms with Crippen LogP contribution in [-0.2, 0) is 10.0 Å². The third kappa shape index (κ3) is 3.97. The lowest BCUT2D eigenvalue weighted by Gasteiger charge is -2.16. The fraction of sp³-hybridized carbons (Fsp3) is 0.188. The van der Waals surface area contributed by atoms with Crippen LogP contribution in [0.5, 0.6) is 11.5 Å². The average Bonchev–Trinajstić information content (AvgIpc) is 2.81. The standard InChI is InChI=1S/C16H15ClN2O5S/c1-16(2)23-13-8-7-12(9-14(13)24-16)25(21,22)19-15(20)18-11-5-3-10(17)4-6-11/h3-9H,1-2H3,(H2,18,19,20). The molecule has 0 saturated carbocycles. The molecule has 1 aliphatic rings. The van der Waals surface area contributed by atoms with E-state index < -0.39 is 21.8 Å². The molecule has 0 aromatic heterocycles. The lowest BCUT2D eigenvalue weighted by molar-refractivity contribution is -0.0432. The summed E-state index contributed by atoms with van der Waals surface area (Å²) in [5.74, 6) is -0.134. The highest BCUT2D eigenvalue weighted by atomic mass is 35.5. The molecule has 2 N–H and O–H groups in total. The molecular weight excluding hydrogens is 368 g/mol. The lowest BCUT2D eigenvalue weighted by Crippen LogP contribution is -2.34. The Labute approximate surface area is 149 Å². The monoisotopic (exact) mass is 382 g/mol. The molecule has 25 heavy (non-hydrogen) atoms. The Hall–Kier alpha value is -2.45. The van der Waals surface area contributed by atoms with Crippen LogP contribution in [0.4, 0.5) is 10.5 Å². The third-order valence-corrected chi connectivity index (χ3v) is 4.85. The summed E-state index contributed by atoms with van der Waals surface area (Å²) >= 11 is 5.75. The van der Waals surface area contributed by atoms with Crippen molar-refractivity contribution in [3.63, 3.8) is 0 Å². The second-order valence-electron chi connectivity index (χ2n) is 5.78. The Bertz CT molecular complexity index is 926. The minimum Gasteiger partial charge on any atom is -0.449 e. The van der Waals surface area contributed by atoms with E-state index in [2.05, 4.69) is 5.32 Å². The Morgan fingerprint density at radius 3 is 2.36 bits per heavy atom. The number of sulfonamides is 1. The summed E-state index contributed by atoms with van der Waals surface area (Å²) in [6.45, 7) is 3.41. The molecule has 2 aromatic carbocycles. The number of carbonyl (C=O) groups excluding carboxylic acids is 1. The average molecular weight is 383 g/mol. The van der Waals surface area contributed by atoms with Gasteiger partial charge in [0.15, 0.2) is 11.5 Å². The van der Waals surface area contributed by atoms with Crippen molar-refractivity contribution in [2.75, 3.05) is 5.32 Å².